The molecule has 2 saturated heterocycles. The van der Waals surface area contributed by atoms with Crippen LogP contribution in [0.25, 0.3) is 0 Å². The van der Waals surface area contributed by atoms with Gasteiger partial charge in [-0.2, -0.15) is 0 Å². The van der Waals surface area contributed by atoms with Gasteiger partial charge in [-0.1, -0.05) is 46.3 Å². The van der Waals surface area contributed by atoms with Gasteiger partial charge in [0.15, 0.2) is 12.6 Å². The highest BCUT2D eigenvalue weighted by Gasteiger charge is 2.71. The zero-order chi connectivity index (χ0) is 42.9. The Morgan fingerprint density at radius 2 is 1.45 bits per heavy atom. The molecule has 0 aromatic rings. The molecular formula is C44H74O14. The first-order chi connectivity index (χ1) is 26.9. The summed E-state index contributed by atoms with van der Waals surface area (Å²) < 4.78 is 29.7. The van der Waals surface area contributed by atoms with Crippen LogP contribution in [0.5, 0.6) is 0 Å². The fourth-order valence-electron chi connectivity index (χ4n) is 13.3. The summed E-state index contributed by atoms with van der Waals surface area (Å²) >= 11 is 0. The number of aliphatic hydroxyl groups excluding tert-OH is 7. The molecule has 14 nitrogen and oxygen atoms in total. The van der Waals surface area contributed by atoms with Crippen LogP contribution in [0.1, 0.15) is 120 Å². The number of ether oxygens (including phenoxy) is 5. The topological polar surface area (TPSA) is 225 Å². The van der Waals surface area contributed by atoms with Crippen molar-refractivity contribution < 1.29 is 69.3 Å². The predicted octanol–water partition coefficient (Wildman–Crippen LogP) is 2.72. The standard InChI is InChI=1S/C44H74O14/c1-22(2)11-10-15-43(8,53)25-12-16-41(6)24-13-18-44(9)40(4,5)30(14-17-42(44,7)26(24)19-27(47)31(25)41)57-39-37(35(51)32(48)28(20-45)55-39)58-38-36(52)34(50)33(49)29(56-38)21-54-23(3)46/h11,24-39,45,47-53H,10,12-21H2,1-9H3/t24?,25?,26?,27-,28+,29+,30?,31?,32+,33+,34-,35-,36+,37+,38-,39-,41+,42+,43-,44-/m1/s1. The van der Waals surface area contributed by atoms with E-state index >= 15 is 0 Å². The van der Waals surface area contributed by atoms with Crippen molar-refractivity contribution in [3.63, 3.8) is 0 Å². The third kappa shape index (κ3) is 7.76. The van der Waals surface area contributed by atoms with E-state index < -0.39 is 104 Å². The Kier molecular flexibility index (Phi) is 13.4. The minimum absolute atomic E-state index is 0.0192. The highest BCUT2D eigenvalue weighted by atomic mass is 16.8. The molecule has 0 spiro atoms. The molecule has 6 aliphatic rings. The maximum absolute atomic E-state index is 12.2. The average Bonchev–Trinajstić information content (AvgIpc) is 3.53. The normalized spacial score (nSPS) is 49.8. The van der Waals surface area contributed by atoms with Gasteiger partial charge >= 0.3 is 5.97 Å². The predicted molar refractivity (Wildman–Crippen MR) is 210 cm³/mol. The smallest absolute Gasteiger partial charge is 0.302 e. The van der Waals surface area contributed by atoms with E-state index in [0.29, 0.717) is 25.2 Å². The van der Waals surface area contributed by atoms with Crippen LogP contribution in [-0.2, 0) is 28.5 Å². The minimum Gasteiger partial charge on any atom is -0.463 e. The second kappa shape index (κ2) is 16.8. The number of fused-ring (bicyclic) bond motifs is 5. The van der Waals surface area contributed by atoms with Crippen LogP contribution in [0.3, 0.4) is 0 Å². The largest absolute Gasteiger partial charge is 0.463 e. The van der Waals surface area contributed by atoms with E-state index in [-0.39, 0.29) is 34.0 Å². The monoisotopic (exact) mass is 827 g/mol. The molecule has 6 rings (SSSR count). The zero-order valence-corrected chi connectivity index (χ0v) is 36.1. The lowest BCUT2D eigenvalue weighted by Crippen LogP contribution is -2.68. The number of allylic oxidation sites excluding steroid dienone is 2. The second-order valence-corrected chi connectivity index (χ2v) is 20.7. The van der Waals surface area contributed by atoms with Gasteiger partial charge in [0, 0.05) is 6.92 Å². The maximum atomic E-state index is 12.2. The maximum Gasteiger partial charge on any atom is 0.302 e. The van der Waals surface area contributed by atoms with Crippen molar-refractivity contribution in [3.8, 4) is 0 Å². The summed E-state index contributed by atoms with van der Waals surface area (Å²) in [5.74, 6) is 0.0156. The quantitative estimate of drug-likeness (QED) is 0.0853. The van der Waals surface area contributed by atoms with Crippen molar-refractivity contribution in [2.45, 2.75) is 199 Å². The Bertz CT molecular complexity index is 1480. The van der Waals surface area contributed by atoms with Gasteiger partial charge in [0.1, 0.15) is 55.4 Å². The molecule has 5 unspecified atom stereocenters. The van der Waals surface area contributed by atoms with Crippen LogP contribution in [-0.4, -0.2) is 139 Å². The van der Waals surface area contributed by atoms with E-state index in [1.165, 1.54) is 12.5 Å². The number of hydrogen-bond donors (Lipinski definition) is 8. The van der Waals surface area contributed by atoms with E-state index in [4.69, 9.17) is 23.7 Å². The van der Waals surface area contributed by atoms with E-state index in [0.717, 1.165) is 38.5 Å². The van der Waals surface area contributed by atoms with Crippen molar-refractivity contribution in [1.82, 2.24) is 0 Å². The second-order valence-electron chi connectivity index (χ2n) is 20.7. The van der Waals surface area contributed by atoms with E-state index in [1.807, 2.05) is 6.92 Å². The van der Waals surface area contributed by atoms with Crippen molar-refractivity contribution in [1.29, 1.82) is 0 Å². The van der Waals surface area contributed by atoms with E-state index in [1.54, 1.807) is 0 Å². The fraction of sp³-hybridized carbons (Fsp3) is 0.932. The summed E-state index contributed by atoms with van der Waals surface area (Å²) in [5, 5.41) is 88.6. The van der Waals surface area contributed by atoms with Gasteiger partial charge in [-0.3, -0.25) is 4.79 Å². The third-order valence-corrected chi connectivity index (χ3v) is 17.2. The minimum atomic E-state index is -1.79. The van der Waals surface area contributed by atoms with Crippen LogP contribution < -0.4 is 0 Å². The molecule has 0 radical (unpaired) electrons. The molecular weight excluding hydrogens is 752 g/mol. The van der Waals surface area contributed by atoms with Gasteiger partial charge in [-0.05, 0) is 124 Å². The Balaban J connectivity index is 1.22. The van der Waals surface area contributed by atoms with Gasteiger partial charge in [0.25, 0.3) is 0 Å². The van der Waals surface area contributed by atoms with E-state index in [2.05, 4.69) is 54.5 Å². The number of carbonyl (C=O) groups is 1. The molecule has 0 aromatic heterocycles. The van der Waals surface area contributed by atoms with Crippen LogP contribution in [0.4, 0.5) is 0 Å². The molecule has 0 aromatic carbocycles. The van der Waals surface area contributed by atoms with Crippen molar-refractivity contribution >= 4 is 5.97 Å². The molecule has 334 valence electrons. The lowest BCUT2D eigenvalue weighted by Gasteiger charge is -2.71. The third-order valence-electron chi connectivity index (χ3n) is 17.2. The first-order valence-electron chi connectivity index (χ1n) is 21.8. The molecule has 8 N–H and O–H groups in total. The summed E-state index contributed by atoms with van der Waals surface area (Å²) in [6.45, 7) is 17.7. The number of hydrogen-bond acceptors (Lipinski definition) is 14. The molecule has 0 bridgehead atoms. The van der Waals surface area contributed by atoms with Crippen molar-refractivity contribution in [3.05, 3.63) is 11.6 Å². The Morgan fingerprint density at radius 3 is 2.09 bits per heavy atom. The van der Waals surface area contributed by atoms with Crippen molar-refractivity contribution in [2.24, 2.45) is 45.3 Å². The number of carbonyl (C=O) groups excluding carboxylic acids is 1. The van der Waals surface area contributed by atoms with Gasteiger partial charge in [0.05, 0.1) is 24.4 Å². The number of esters is 1. The SMILES string of the molecule is CC(=O)OC[C@@H]1O[C@H](O[C@@H]2[C@@H](OC3CC[C@@]4(C)C5C[C@@H](O)C6C([C@](C)(O)CCC=C(C)C)CC[C@@]6(C)C5CC[C@]4(C)C3(C)C)O[C@@H](CO)[C@H](O)[C@H]2O)[C@@H](O)[C@H](O)[C@H]1O. The van der Waals surface area contributed by atoms with Crippen LogP contribution >= 0.6 is 0 Å². The molecule has 4 saturated carbocycles. The van der Waals surface area contributed by atoms with Gasteiger partial charge in [-0.25, -0.2) is 0 Å². The Labute approximate surface area is 344 Å². The molecule has 2 aliphatic heterocycles. The fourth-order valence-corrected chi connectivity index (χ4v) is 13.3. The lowest BCUT2D eigenvalue weighted by molar-refractivity contribution is -0.381. The zero-order valence-electron chi connectivity index (χ0n) is 36.1. The van der Waals surface area contributed by atoms with Gasteiger partial charge in [-0.15, -0.1) is 0 Å². The molecule has 0 amide bonds. The Hall–Kier alpha value is -1.27. The average molecular weight is 827 g/mol. The molecule has 58 heavy (non-hydrogen) atoms. The number of rotatable bonds is 11. The van der Waals surface area contributed by atoms with Crippen LogP contribution in [0.15, 0.2) is 11.6 Å². The van der Waals surface area contributed by atoms with Crippen LogP contribution in [0, 0.1) is 45.3 Å². The summed E-state index contributed by atoms with van der Waals surface area (Å²) in [5.41, 5.74) is -0.713. The molecule has 20 atom stereocenters. The summed E-state index contributed by atoms with van der Waals surface area (Å²) in [6, 6.07) is 0. The summed E-state index contributed by atoms with van der Waals surface area (Å²) in [6.07, 6.45) is -6.92. The first kappa shape index (κ1) is 46.2. The van der Waals surface area contributed by atoms with Gasteiger partial charge in [0.2, 0.25) is 0 Å². The van der Waals surface area contributed by atoms with Crippen LogP contribution in [0.2, 0.25) is 0 Å². The van der Waals surface area contributed by atoms with Crippen molar-refractivity contribution in [2.75, 3.05) is 13.2 Å². The molecule has 2 heterocycles. The van der Waals surface area contributed by atoms with Gasteiger partial charge < -0.3 is 64.5 Å². The molecule has 14 heteroatoms. The Morgan fingerprint density at radius 1 is 0.793 bits per heavy atom. The summed E-state index contributed by atoms with van der Waals surface area (Å²) in [4.78, 5) is 11.5. The highest BCUT2D eigenvalue weighted by Crippen LogP contribution is 2.75. The lowest BCUT2D eigenvalue weighted by atomic mass is 9.34. The number of aliphatic hydroxyl groups is 8. The summed E-state index contributed by atoms with van der Waals surface area (Å²) in [7, 11) is 0. The molecule has 4 aliphatic carbocycles. The first-order valence-corrected chi connectivity index (χ1v) is 21.8. The molecule has 6 fully saturated rings. The highest BCUT2D eigenvalue weighted by molar-refractivity contribution is 5.65. The van der Waals surface area contributed by atoms with E-state index in [9.17, 15) is 45.6 Å².